The van der Waals surface area contributed by atoms with E-state index in [9.17, 15) is 4.79 Å². The SMILES string of the molecule is Cc1ccc(NC(=O)CCc2ccccc2N)cc1Cl. The van der Waals surface area contributed by atoms with Crippen LogP contribution in [0.15, 0.2) is 42.5 Å². The number of hydrogen-bond acceptors (Lipinski definition) is 2. The van der Waals surface area contributed by atoms with Gasteiger partial charge in [0.15, 0.2) is 0 Å². The van der Waals surface area contributed by atoms with Crippen LogP contribution in [0.2, 0.25) is 5.02 Å². The third-order valence-corrected chi connectivity index (χ3v) is 3.54. The van der Waals surface area contributed by atoms with E-state index >= 15 is 0 Å². The Morgan fingerprint density at radius 1 is 1.25 bits per heavy atom. The number of halogens is 1. The van der Waals surface area contributed by atoms with Gasteiger partial charge in [-0.1, -0.05) is 35.9 Å². The number of para-hydroxylation sites is 1. The fourth-order valence-corrected chi connectivity index (χ4v) is 2.08. The first-order valence-electron chi connectivity index (χ1n) is 6.45. The third kappa shape index (κ3) is 3.75. The number of hydrogen-bond donors (Lipinski definition) is 2. The molecule has 0 saturated carbocycles. The smallest absolute Gasteiger partial charge is 0.224 e. The van der Waals surface area contributed by atoms with Crippen molar-refractivity contribution in [3.05, 3.63) is 58.6 Å². The van der Waals surface area contributed by atoms with Crippen LogP contribution in [0.5, 0.6) is 0 Å². The van der Waals surface area contributed by atoms with Crippen LogP contribution >= 0.6 is 11.6 Å². The zero-order chi connectivity index (χ0) is 14.5. The van der Waals surface area contributed by atoms with Crippen molar-refractivity contribution >= 4 is 28.9 Å². The highest BCUT2D eigenvalue weighted by Crippen LogP contribution is 2.20. The fraction of sp³-hybridized carbons (Fsp3) is 0.188. The van der Waals surface area contributed by atoms with Gasteiger partial charge in [0.1, 0.15) is 0 Å². The molecule has 4 heteroatoms. The molecule has 0 radical (unpaired) electrons. The number of nitrogens with one attached hydrogen (secondary N) is 1. The molecule has 0 saturated heterocycles. The number of benzene rings is 2. The lowest BCUT2D eigenvalue weighted by molar-refractivity contribution is -0.116. The molecule has 0 unspecified atom stereocenters. The van der Waals surface area contributed by atoms with Crippen LogP contribution in [-0.4, -0.2) is 5.91 Å². The van der Waals surface area contributed by atoms with Gasteiger partial charge < -0.3 is 11.1 Å². The number of nitrogen functional groups attached to an aromatic ring is 1. The van der Waals surface area contributed by atoms with Crippen LogP contribution in [0.4, 0.5) is 11.4 Å². The van der Waals surface area contributed by atoms with E-state index in [1.165, 1.54) is 0 Å². The second-order valence-corrected chi connectivity index (χ2v) is 5.12. The Balaban J connectivity index is 1.93. The van der Waals surface area contributed by atoms with Gasteiger partial charge in [-0.3, -0.25) is 4.79 Å². The first-order chi connectivity index (χ1) is 9.56. The van der Waals surface area contributed by atoms with E-state index in [0.717, 1.165) is 16.8 Å². The van der Waals surface area contributed by atoms with Crippen molar-refractivity contribution in [2.24, 2.45) is 0 Å². The van der Waals surface area contributed by atoms with Crippen LogP contribution < -0.4 is 11.1 Å². The summed E-state index contributed by atoms with van der Waals surface area (Å²) in [6, 6.07) is 13.1. The molecule has 0 atom stereocenters. The largest absolute Gasteiger partial charge is 0.399 e. The summed E-state index contributed by atoms with van der Waals surface area (Å²) in [5.41, 5.74) is 9.26. The Labute approximate surface area is 123 Å². The molecule has 3 N–H and O–H groups in total. The van der Waals surface area contributed by atoms with Gasteiger partial charge >= 0.3 is 0 Å². The maximum Gasteiger partial charge on any atom is 0.224 e. The molecule has 0 heterocycles. The van der Waals surface area contributed by atoms with E-state index in [0.29, 0.717) is 23.6 Å². The van der Waals surface area contributed by atoms with Crippen LogP contribution in [0.25, 0.3) is 0 Å². The highest BCUT2D eigenvalue weighted by molar-refractivity contribution is 6.31. The minimum Gasteiger partial charge on any atom is -0.399 e. The molecule has 1 amide bonds. The number of carbonyl (C=O) groups excluding carboxylic acids is 1. The standard InChI is InChI=1S/C16H17ClN2O/c1-11-6-8-13(10-14(11)17)19-16(20)9-7-12-4-2-3-5-15(12)18/h2-6,8,10H,7,9,18H2,1H3,(H,19,20). The van der Waals surface area contributed by atoms with Crippen LogP contribution in [0, 0.1) is 6.92 Å². The highest BCUT2D eigenvalue weighted by Gasteiger charge is 2.06. The van der Waals surface area contributed by atoms with Crippen molar-refractivity contribution in [2.45, 2.75) is 19.8 Å². The van der Waals surface area contributed by atoms with E-state index in [1.54, 1.807) is 6.07 Å². The molecule has 0 fully saturated rings. The normalized spacial score (nSPS) is 10.3. The monoisotopic (exact) mass is 288 g/mol. The predicted molar refractivity (Wildman–Crippen MR) is 84.0 cm³/mol. The van der Waals surface area contributed by atoms with E-state index < -0.39 is 0 Å². The average Bonchev–Trinajstić information content (AvgIpc) is 2.42. The Bertz CT molecular complexity index is 626. The lowest BCUT2D eigenvalue weighted by Crippen LogP contribution is -2.12. The summed E-state index contributed by atoms with van der Waals surface area (Å²) >= 11 is 6.02. The number of nitrogens with two attached hydrogens (primary N) is 1. The van der Waals surface area contributed by atoms with Gasteiger partial charge in [-0.25, -0.2) is 0 Å². The third-order valence-electron chi connectivity index (χ3n) is 3.13. The van der Waals surface area contributed by atoms with Crippen LogP contribution in [0.3, 0.4) is 0 Å². The maximum absolute atomic E-state index is 11.9. The maximum atomic E-state index is 11.9. The van der Waals surface area contributed by atoms with Crippen molar-refractivity contribution in [2.75, 3.05) is 11.1 Å². The second kappa shape index (κ2) is 6.44. The number of carbonyl (C=O) groups is 1. The minimum atomic E-state index is -0.0480. The summed E-state index contributed by atoms with van der Waals surface area (Å²) in [6.45, 7) is 1.92. The highest BCUT2D eigenvalue weighted by atomic mass is 35.5. The quantitative estimate of drug-likeness (QED) is 0.841. The number of anilines is 2. The van der Waals surface area contributed by atoms with Crippen molar-refractivity contribution in [1.82, 2.24) is 0 Å². The zero-order valence-electron chi connectivity index (χ0n) is 11.3. The molecule has 0 bridgehead atoms. The van der Waals surface area contributed by atoms with Gasteiger partial charge in [0.2, 0.25) is 5.91 Å². The van der Waals surface area contributed by atoms with Gasteiger partial charge in [0, 0.05) is 22.8 Å². The van der Waals surface area contributed by atoms with Crippen molar-refractivity contribution in [1.29, 1.82) is 0 Å². The van der Waals surface area contributed by atoms with Gasteiger partial charge in [-0.15, -0.1) is 0 Å². The van der Waals surface area contributed by atoms with Crippen molar-refractivity contribution < 1.29 is 4.79 Å². The minimum absolute atomic E-state index is 0.0480. The number of rotatable bonds is 4. The van der Waals surface area contributed by atoms with Crippen molar-refractivity contribution in [3.8, 4) is 0 Å². The summed E-state index contributed by atoms with van der Waals surface area (Å²) in [5, 5.41) is 3.48. The Morgan fingerprint density at radius 2 is 2.00 bits per heavy atom. The molecular weight excluding hydrogens is 272 g/mol. The second-order valence-electron chi connectivity index (χ2n) is 4.71. The molecule has 0 aliphatic rings. The van der Waals surface area contributed by atoms with E-state index in [4.69, 9.17) is 17.3 Å². The van der Waals surface area contributed by atoms with Crippen molar-refractivity contribution in [3.63, 3.8) is 0 Å². The average molecular weight is 289 g/mol. The summed E-state index contributed by atoms with van der Waals surface area (Å²) in [4.78, 5) is 11.9. The van der Waals surface area contributed by atoms with E-state index in [2.05, 4.69) is 5.32 Å². The molecular formula is C16H17ClN2O. The molecule has 2 rings (SSSR count). The summed E-state index contributed by atoms with van der Waals surface area (Å²) in [5.74, 6) is -0.0480. The molecule has 0 aromatic heterocycles. The fourth-order valence-electron chi connectivity index (χ4n) is 1.90. The van der Waals surface area contributed by atoms with Crippen LogP contribution in [0.1, 0.15) is 17.5 Å². The summed E-state index contributed by atoms with van der Waals surface area (Å²) < 4.78 is 0. The summed E-state index contributed by atoms with van der Waals surface area (Å²) in [6.07, 6.45) is 1.01. The Morgan fingerprint density at radius 3 is 2.70 bits per heavy atom. The molecule has 20 heavy (non-hydrogen) atoms. The van der Waals surface area contributed by atoms with Gasteiger partial charge in [-0.2, -0.15) is 0 Å². The molecule has 2 aromatic rings. The molecule has 3 nitrogen and oxygen atoms in total. The summed E-state index contributed by atoms with van der Waals surface area (Å²) in [7, 11) is 0. The zero-order valence-corrected chi connectivity index (χ0v) is 12.1. The van der Waals surface area contributed by atoms with Gasteiger partial charge in [0.05, 0.1) is 0 Å². The van der Waals surface area contributed by atoms with Gasteiger partial charge in [-0.05, 0) is 42.7 Å². The first kappa shape index (κ1) is 14.4. The Kier molecular flexibility index (Phi) is 4.64. The molecule has 104 valence electrons. The lowest BCUT2D eigenvalue weighted by Gasteiger charge is -2.08. The predicted octanol–water partition coefficient (Wildman–Crippen LogP) is 3.80. The van der Waals surface area contributed by atoms with E-state index in [-0.39, 0.29) is 5.91 Å². The Hall–Kier alpha value is -2.00. The van der Waals surface area contributed by atoms with Crippen LogP contribution in [-0.2, 0) is 11.2 Å². The van der Waals surface area contributed by atoms with Gasteiger partial charge in [0.25, 0.3) is 0 Å². The molecule has 0 aliphatic heterocycles. The topological polar surface area (TPSA) is 55.1 Å². The molecule has 2 aromatic carbocycles. The number of aryl methyl sites for hydroxylation is 2. The molecule has 0 aliphatic carbocycles. The number of amides is 1. The lowest BCUT2D eigenvalue weighted by atomic mass is 10.1. The molecule has 0 spiro atoms. The van der Waals surface area contributed by atoms with E-state index in [1.807, 2.05) is 43.3 Å². The first-order valence-corrected chi connectivity index (χ1v) is 6.83.